The fourth-order valence-corrected chi connectivity index (χ4v) is 4.25. The predicted molar refractivity (Wildman–Crippen MR) is 133 cm³/mol. The van der Waals surface area contributed by atoms with Crippen LogP contribution in [0.3, 0.4) is 0 Å². The molecular formula is C25H51NO5S. The van der Waals surface area contributed by atoms with Crippen LogP contribution in [0.1, 0.15) is 142 Å². The van der Waals surface area contributed by atoms with Crippen LogP contribution in [0.2, 0.25) is 0 Å². The van der Waals surface area contributed by atoms with Crippen LogP contribution in [-0.4, -0.2) is 32.0 Å². The molecule has 0 aliphatic rings. The van der Waals surface area contributed by atoms with E-state index in [0.717, 1.165) is 12.8 Å². The molecule has 7 heteroatoms. The lowest BCUT2D eigenvalue weighted by Crippen LogP contribution is -2.25. The van der Waals surface area contributed by atoms with E-state index in [0.29, 0.717) is 19.4 Å². The second-order valence-corrected chi connectivity index (χ2v) is 10.2. The van der Waals surface area contributed by atoms with Crippen LogP contribution in [0.15, 0.2) is 0 Å². The zero-order chi connectivity index (χ0) is 23.8. The highest BCUT2D eigenvalue weighted by molar-refractivity contribution is 7.80. The van der Waals surface area contributed by atoms with Crippen molar-refractivity contribution in [2.75, 3.05) is 13.2 Å². The van der Waals surface area contributed by atoms with Gasteiger partial charge in [0.2, 0.25) is 5.91 Å². The van der Waals surface area contributed by atoms with Crippen molar-refractivity contribution in [2.45, 2.75) is 142 Å². The molecule has 0 saturated carbocycles. The third-order valence-corrected chi connectivity index (χ3v) is 6.35. The summed E-state index contributed by atoms with van der Waals surface area (Å²) < 4.78 is 33.3. The first-order valence-electron chi connectivity index (χ1n) is 13.3. The number of unbranched alkanes of at least 4 members (excludes halogenated alkanes) is 18. The summed E-state index contributed by atoms with van der Waals surface area (Å²) in [5.74, 6) is -0.0103. The molecule has 0 radical (unpaired) electrons. The Balaban J connectivity index is 3.16. The number of hydrogen-bond donors (Lipinski definition) is 2. The van der Waals surface area contributed by atoms with Crippen molar-refractivity contribution in [3.63, 3.8) is 0 Å². The monoisotopic (exact) mass is 477 g/mol. The Morgan fingerprint density at radius 2 is 1.03 bits per heavy atom. The van der Waals surface area contributed by atoms with Gasteiger partial charge in [0.1, 0.15) is 0 Å². The molecule has 0 atom stereocenters. The summed E-state index contributed by atoms with van der Waals surface area (Å²) in [6, 6.07) is 0. The summed E-state index contributed by atoms with van der Waals surface area (Å²) in [6.07, 6.45) is 26.2. The van der Waals surface area contributed by atoms with Crippen LogP contribution < -0.4 is 5.32 Å². The zero-order valence-corrected chi connectivity index (χ0v) is 21.6. The third kappa shape index (κ3) is 27.4. The molecule has 1 amide bonds. The molecule has 0 aromatic rings. The normalized spacial score (nSPS) is 11.7. The Morgan fingerprint density at radius 3 is 1.41 bits per heavy atom. The van der Waals surface area contributed by atoms with E-state index in [4.69, 9.17) is 4.55 Å². The largest absolute Gasteiger partial charge is 0.397 e. The maximum absolute atomic E-state index is 11.7. The maximum atomic E-state index is 11.7. The highest BCUT2D eigenvalue weighted by atomic mass is 32.3. The molecule has 6 nitrogen and oxygen atoms in total. The quantitative estimate of drug-likeness (QED) is 0.108. The van der Waals surface area contributed by atoms with E-state index in [2.05, 4.69) is 16.4 Å². The van der Waals surface area contributed by atoms with E-state index in [-0.39, 0.29) is 12.5 Å². The first-order valence-corrected chi connectivity index (χ1v) is 14.7. The Morgan fingerprint density at radius 1 is 0.656 bits per heavy atom. The van der Waals surface area contributed by atoms with Gasteiger partial charge in [0.15, 0.2) is 0 Å². The van der Waals surface area contributed by atoms with E-state index in [9.17, 15) is 13.2 Å². The number of nitrogens with one attached hydrogen (secondary N) is 1. The number of hydrogen-bond acceptors (Lipinski definition) is 4. The lowest BCUT2D eigenvalue weighted by molar-refractivity contribution is -0.121. The average Bonchev–Trinajstić information content (AvgIpc) is 2.74. The van der Waals surface area contributed by atoms with Gasteiger partial charge in [-0.05, 0) is 12.8 Å². The van der Waals surface area contributed by atoms with Crippen molar-refractivity contribution in [2.24, 2.45) is 0 Å². The van der Waals surface area contributed by atoms with Crippen molar-refractivity contribution in [3.8, 4) is 0 Å². The topological polar surface area (TPSA) is 92.7 Å². The molecule has 0 bridgehead atoms. The van der Waals surface area contributed by atoms with Crippen molar-refractivity contribution >= 4 is 16.3 Å². The van der Waals surface area contributed by atoms with Crippen LogP contribution in [0.5, 0.6) is 0 Å². The van der Waals surface area contributed by atoms with Crippen molar-refractivity contribution in [1.29, 1.82) is 0 Å². The van der Waals surface area contributed by atoms with Gasteiger partial charge >= 0.3 is 10.4 Å². The minimum Gasteiger partial charge on any atom is -0.356 e. The van der Waals surface area contributed by atoms with E-state index < -0.39 is 10.4 Å². The highest BCUT2D eigenvalue weighted by Gasteiger charge is 2.04. The lowest BCUT2D eigenvalue weighted by atomic mass is 10.0. The fourth-order valence-electron chi connectivity index (χ4n) is 3.92. The van der Waals surface area contributed by atoms with Crippen LogP contribution >= 0.6 is 0 Å². The number of carbonyl (C=O) groups excluding carboxylic acids is 1. The van der Waals surface area contributed by atoms with Gasteiger partial charge in [0, 0.05) is 13.0 Å². The Kier molecular flexibility index (Phi) is 23.0. The van der Waals surface area contributed by atoms with Gasteiger partial charge in [-0.1, -0.05) is 122 Å². The molecule has 0 fully saturated rings. The first-order chi connectivity index (χ1) is 15.5. The molecular weight excluding hydrogens is 426 g/mol. The standard InChI is InChI=1S/C25H51NO5S/c1-2-3-4-5-6-7-8-9-10-11-12-13-14-15-16-17-18-19-20-22-25(27)26-23-21-24-31-32(28,29)30/h2-24H2,1H3,(H,26,27)(H,28,29,30). The first kappa shape index (κ1) is 31.3. The van der Waals surface area contributed by atoms with E-state index in [1.165, 1.54) is 109 Å². The Hall–Kier alpha value is -0.660. The summed E-state index contributed by atoms with van der Waals surface area (Å²) in [5, 5.41) is 2.73. The van der Waals surface area contributed by atoms with Crippen LogP contribution in [-0.2, 0) is 19.4 Å². The van der Waals surface area contributed by atoms with Gasteiger partial charge in [-0.2, -0.15) is 8.42 Å². The third-order valence-electron chi connectivity index (χ3n) is 5.88. The second kappa shape index (κ2) is 23.5. The molecule has 32 heavy (non-hydrogen) atoms. The Bertz CT molecular complexity index is 510. The molecule has 0 aromatic carbocycles. The van der Waals surface area contributed by atoms with Gasteiger partial charge in [-0.3, -0.25) is 9.35 Å². The van der Waals surface area contributed by atoms with Crippen molar-refractivity contribution in [3.05, 3.63) is 0 Å². The minimum atomic E-state index is -4.38. The molecule has 0 aliphatic heterocycles. The van der Waals surface area contributed by atoms with E-state index in [1.54, 1.807) is 0 Å². The minimum absolute atomic E-state index is 0.0103. The second-order valence-electron chi connectivity index (χ2n) is 9.07. The zero-order valence-electron chi connectivity index (χ0n) is 20.8. The fraction of sp³-hybridized carbons (Fsp3) is 0.960. The smallest absolute Gasteiger partial charge is 0.356 e. The predicted octanol–water partition coefficient (Wildman–Crippen LogP) is 7.13. The molecule has 0 saturated heterocycles. The van der Waals surface area contributed by atoms with E-state index >= 15 is 0 Å². The number of amides is 1. The molecule has 0 heterocycles. The van der Waals surface area contributed by atoms with Crippen molar-refractivity contribution < 1.29 is 21.9 Å². The molecule has 0 rings (SSSR count). The van der Waals surface area contributed by atoms with Gasteiger partial charge < -0.3 is 5.32 Å². The summed E-state index contributed by atoms with van der Waals surface area (Å²) in [7, 11) is -4.38. The molecule has 0 unspecified atom stereocenters. The Labute approximate surface area is 198 Å². The number of rotatable bonds is 25. The van der Waals surface area contributed by atoms with Gasteiger partial charge in [-0.15, -0.1) is 0 Å². The van der Waals surface area contributed by atoms with Crippen LogP contribution in [0.4, 0.5) is 0 Å². The lowest BCUT2D eigenvalue weighted by Gasteiger charge is -2.05. The van der Waals surface area contributed by atoms with Gasteiger partial charge in [0.25, 0.3) is 0 Å². The van der Waals surface area contributed by atoms with E-state index in [1.807, 2.05) is 0 Å². The maximum Gasteiger partial charge on any atom is 0.397 e. The summed E-state index contributed by atoms with van der Waals surface area (Å²) in [5.41, 5.74) is 0. The molecule has 0 aliphatic carbocycles. The average molecular weight is 478 g/mol. The summed E-state index contributed by atoms with van der Waals surface area (Å²) in [6.45, 7) is 2.50. The molecule has 2 N–H and O–H groups in total. The molecule has 192 valence electrons. The molecule has 0 aromatic heterocycles. The highest BCUT2D eigenvalue weighted by Crippen LogP contribution is 2.14. The van der Waals surface area contributed by atoms with Gasteiger partial charge in [-0.25, -0.2) is 4.18 Å². The SMILES string of the molecule is CCCCCCCCCCCCCCCCCCCCCC(=O)NCCCOS(=O)(=O)O. The van der Waals surface area contributed by atoms with Gasteiger partial charge in [0.05, 0.1) is 6.61 Å². The van der Waals surface area contributed by atoms with Crippen LogP contribution in [0.25, 0.3) is 0 Å². The summed E-state index contributed by atoms with van der Waals surface area (Å²) >= 11 is 0. The summed E-state index contributed by atoms with van der Waals surface area (Å²) in [4.78, 5) is 11.7. The number of carbonyl (C=O) groups is 1. The van der Waals surface area contributed by atoms with Crippen molar-refractivity contribution in [1.82, 2.24) is 5.32 Å². The van der Waals surface area contributed by atoms with Crippen LogP contribution in [0, 0.1) is 0 Å². The molecule has 0 spiro atoms.